The number of carbonyl (C=O) groups is 2. The van der Waals surface area contributed by atoms with E-state index in [1.807, 2.05) is 18.2 Å². The Balaban J connectivity index is 1.53. The number of hydrogen-bond acceptors (Lipinski definition) is 6. The van der Waals surface area contributed by atoms with Gasteiger partial charge in [0, 0.05) is 0 Å². The van der Waals surface area contributed by atoms with E-state index in [-0.39, 0.29) is 24.3 Å². The third-order valence-corrected chi connectivity index (χ3v) is 6.93. The van der Waals surface area contributed by atoms with Gasteiger partial charge in [-0.1, -0.05) is 37.1 Å². The van der Waals surface area contributed by atoms with E-state index in [0.29, 0.717) is 30.0 Å². The number of furan rings is 1. The van der Waals surface area contributed by atoms with Crippen molar-refractivity contribution in [1.82, 2.24) is 0 Å². The summed E-state index contributed by atoms with van der Waals surface area (Å²) in [6.07, 6.45) is 1.97. The van der Waals surface area contributed by atoms with Gasteiger partial charge in [0.05, 0.1) is 17.5 Å². The van der Waals surface area contributed by atoms with Crippen LogP contribution in [0.1, 0.15) is 50.2 Å². The van der Waals surface area contributed by atoms with E-state index in [0.717, 1.165) is 23.9 Å². The number of carbonyl (C=O) groups excluding carboxylic acids is 2. The van der Waals surface area contributed by atoms with E-state index >= 15 is 0 Å². The maximum Gasteiger partial charge on any atom is 0.487 e. The van der Waals surface area contributed by atoms with Crippen LogP contribution in [-0.2, 0) is 20.9 Å². The minimum Gasteiger partial charge on any atom is -0.461 e. The van der Waals surface area contributed by atoms with Crippen LogP contribution in [0, 0.1) is 17.8 Å². The van der Waals surface area contributed by atoms with E-state index in [1.54, 1.807) is 24.3 Å². The summed E-state index contributed by atoms with van der Waals surface area (Å²) in [5, 5.41) is 20.3. The molecule has 166 valence electrons. The fourth-order valence-electron chi connectivity index (χ4n) is 5.62. The van der Waals surface area contributed by atoms with Crippen LogP contribution in [0.3, 0.4) is 0 Å². The lowest BCUT2D eigenvalue weighted by molar-refractivity contribution is -0.123. The molecule has 3 heterocycles. The van der Waals surface area contributed by atoms with Crippen LogP contribution >= 0.6 is 0 Å². The van der Waals surface area contributed by atoms with Crippen LogP contribution in [0.5, 0.6) is 0 Å². The summed E-state index contributed by atoms with van der Waals surface area (Å²) in [6.45, 7) is 1.83. The van der Waals surface area contributed by atoms with Crippen molar-refractivity contribution in [3.05, 3.63) is 65.0 Å². The SMILES string of the molecule is CCCC1=C2B(O)O[C@H](c3ccc(CO)o3)C[C@H]2[C@H]2C(=O)N(c3ccccc3)C(=O)[C@H]2C1. The van der Waals surface area contributed by atoms with Crippen molar-refractivity contribution in [2.45, 2.75) is 45.3 Å². The number of benzene rings is 1. The van der Waals surface area contributed by atoms with Crippen molar-refractivity contribution >= 4 is 24.6 Å². The fourth-order valence-corrected chi connectivity index (χ4v) is 5.62. The highest BCUT2D eigenvalue weighted by atomic mass is 16.5. The summed E-state index contributed by atoms with van der Waals surface area (Å²) < 4.78 is 11.6. The monoisotopic (exact) mass is 435 g/mol. The average Bonchev–Trinajstić information content (AvgIpc) is 3.37. The number of para-hydroxylation sites is 1. The molecule has 32 heavy (non-hydrogen) atoms. The summed E-state index contributed by atoms with van der Waals surface area (Å²) in [5.41, 5.74) is 2.36. The van der Waals surface area contributed by atoms with E-state index in [4.69, 9.17) is 9.07 Å². The Morgan fingerprint density at radius 1 is 1.09 bits per heavy atom. The Morgan fingerprint density at radius 2 is 1.88 bits per heavy atom. The van der Waals surface area contributed by atoms with E-state index in [2.05, 4.69) is 6.92 Å². The number of hydrogen-bond donors (Lipinski definition) is 2. The van der Waals surface area contributed by atoms with Gasteiger partial charge in [0.25, 0.3) is 0 Å². The summed E-state index contributed by atoms with van der Waals surface area (Å²) in [5.74, 6) is -0.750. The summed E-state index contributed by atoms with van der Waals surface area (Å²) in [6, 6.07) is 12.4. The standard InChI is InChI=1S/C24H26BNO6/c1-2-6-14-11-18-21(24(29)26(23(18)28)15-7-4-3-5-8-15)17-12-20(32-25(30)22(14)17)19-10-9-16(13-27)31-19/h3-5,7-10,17-18,20-21,27,30H,2,6,11-13H2,1H3/t17-,18-,20-,21+/m0/s1. The third-order valence-electron chi connectivity index (χ3n) is 6.93. The van der Waals surface area contributed by atoms with Gasteiger partial charge in [0.15, 0.2) is 0 Å². The predicted molar refractivity (Wildman–Crippen MR) is 117 cm³/mol. The molecule has 2 aromatic rings. The molecule has 0 spiro atoms. The lowest BCUT2D eigenvalue weighted by atomic mass is 9.55. The van der Waals surface area contributed by atoms with Crippen LogP contribution < -0.4 is 4.90 Å². The molecule has 7 nitrogen and oxygen atoms in total. The third kappa shape index (κ3) is 3.34. The van der Waals surface area contributed by atoms with Gasteiger partial charge in [-0.05, 0) is 54.9 Å². The van der Waals surface area contributed by atoms with Crippen LogP contribution in [0.25, 0.3) is 0 Å². The number of amides is 2. The Hall–Kier alpha value is -2.68. The van der Waals surface area contributed by atoms with E-state index in [1.165, 1.54) is 4.90 Å². The van der Waals surface area contributed by atoms with Crippen molar-refractivity contribution < 1.29 is 28.8 Å². The fraction of sp³-hybridized carbons (Fsp3) is 0.417. The Bertz CT molecular complexity index is 1060. The molecule has 0 unspecified atom stereocenters. The molecule has 2 amide bonds. The summed E-state index contributed by atoms with van der Waals surface area (Å²) >= 11 is 0. The highest BCUT2D eigenvalue weighted by Crippen LogP contribution is 2.52. The van der Waals surface area contributed by atoms with Crippen molar-refractivity contribution in [2.75, 3.05) is 4.90 Å². The van der Waals surface area contributed by atoms with Gasteiger partial charge in [-0.3, -0.25) is 14.5 Å². The molecule has 5 rings (SSSR count). The zero-order valence-electron chi connectivity index (χ0n) is 17.9. The minimum absolute atomic E-state index is 0.169. The predicted octanol–water partition coefficient (Wildman–Crippen LogP) is 3.18. The van der Waals surface area contributed by atoms with Crippen LogP contribution in [0.4, 0.5) is 5.69 Å². The van der Waals surface area contributed by atoms with Crippen molar-refractivity contribution in [1.29, 1.82) is 0 Å². The van der Waals surface area contributed by atoms with E-state index in [9.17, 15) is 19.7 Å². The molecule has 2 fully saturated rings. The van der Waals surface area contributed by atoms with Crippen LogP contribution in [0.2, 0.25) is 0 Å². The first kappa shape index (κ1) is 21.2. The van der Waals surface area contributed by atoms with Gasteiger partial charge in [0.2, 0.25) is 11.8 Å². The second kappa shape index (κ2) is 8.35. The highest BCUT2D eigenvalue weighted by molar-refractivity contribution is 6.53. The molecule has 3 aliphatic rings. The second-order valence-corrected chi connectivity index (χ2v) is 8.77. The maximum atomic E-state index is 13.6. The molecule has 2 saturated heterocycles. The molecule has 4 atom stereocenters. The van der Waals surface area contributed by atoms with Gasteiger partial charge in [0.1, 0.15) is 24.2 Å². The number of allylic oxidation sites excluding steroid dienone is 2. The molecule has 1 aromatic carbocycles. The quantitative estimate of drug-likeness (QED) is 0.553. The van der Waals surface area contributed by atoms with E-state index < -0.39 is 25.1 Å². The first-order chi connectivity index (χ1) is 15.5. The summed E-state index contributed by atoms with van der Waals surface area (Å²) in [7, 11) is -1.15. The first-order valence-corrected chi connectivity index (χ1v) is 11.2. The number of aliphatic hydroxyl groups excluding tert-OH is 1. The molecular weight excluding hydrogens is 409 g/mol. The van der Waals surface area contributed by atoms with Gasteiger partial charge < -0.3 is 19.2 Å². The number of fused-ring (bicyclic) bond motifs is 3. The lowest BCUT2D eigenvalue weighted by Crippen LogP contribution is -2.44. The topological polar surface area (TPSA) is 100 Å². The van der Waals surface area contributed by atoms with Crippen molar-refractivity contribution in [3.63, 3.8) is 0 Å². The summed E-state index contributed by atoms with van der Waals surface area (Å²) in [4.78, 5) is 28.3. The molecule has 2 aliphatic heterocycles. The van der Waals surface area contributed by atoms with Gasteiger partial charge >= 0.3 is 7.12 Å². The zero-order valence-corrected chi connectivity index (χ0v) is 17.9. The van der Waals surface area contributed by atoms with Crippen molar-refractivity contribution in [3.8, 4) is 0 Å². The molecule has 1 aromatic heterocycles. The molecule has 0 saturated carbocycles. The minimum atomic E-state index is -1.15. The number of rotatable bonds is 5. The Kier molecular flexibility index (Phi) is 5.53. The van der Waals surface area contributed by atoms with Gasteiger partial charge in [-0.15, -0.1) is 0 Å². The second-order valence-electron chi connectivity index (χ2n) is 8.77. The van der Waals surface area contributed by atoms with Crippen molar-refractivity contribution in [2.24, 2.45) is 17.8 Å². The Morgan fingerprint density at radius 3 is 2.56 bits per heavy atom. The molecule has 1 aliphatic carbocycles. The largest absolute Gasteiger partial charge is 0.487 e. The van der Waals surface area contributed by atoms with Crippen LogP contribution in [-0.4, -0.2) is 29.1 Å². The molecular formula is C24H26BNO6. The molecule has 0 radical (unpaired) electrons. The normalized spacial score (nSPS) is 27.7. The number of imide groups is 1. The van der Waals surface area contributed by atoms with Crippen LogP contribution in [0.15, 0.2) is 57.9 Å². The molecule has 2 N–H and O–H groups in total. The van der Waals surface area contributed by atoms with Gasteiger partial charge in [-0.25, -0.2) is 0 Å². The Labute approximate surface area is 186 Å². The molecule has 8 heteroatoms. The maximum absolute atomic E-state index is 13.6. The lowest BCUT2D eigenvalue weighted by Gasteiger charge is -2.41. The first-order valence-electron chi connectivity index (χ1n) is 11.2. The zero-order chi connectivity index (χ0) is 22.4. The smallest absolute Gasteiger partial charge is 0.461 e. The highest BCUT2D eigenvalue weighted by Gasteiger charge is 2.58. The number of anilines is 1. The number of aliphatic hydroxyl groups is 1. The molecule has 0 bridgehead atoms. The van der Waals surface area contributed by atoms with Gasteiger partial charge in [-0.2, -0.15) is 0 Å². The average molecular weight is 435 g/mol. The number of nitrogens with zero attached hydrogens (tertiary/aromatic N) is 1.